The maximum Gasteiger partial charge on any atom is 0.312 e. The van der Waals surface area contributed by atoms with E-state index in [0.29, 0.717) is 12.3 Å². The summed E-state index contributed by atoms with van der Waals surface area (Å²) < 4.78 is 18.9. The Morgan fingerprint density at radius 1 is 1.29 bits per heavy atom. The van der Waals surface area contributed by atoms with Gasteiger partial charge < -0.3 is 10.5 Å². The molecule has 0 radical (unpaired) electrons. The zero-order valence-corrected chi connectivity index (χ0v) is 12.5. The second-order valence-electron chi connectivity index (χ2n) is 4.28. The van der Waals surface area contributed by atoms with Crippen LogP contribution in [0.5, 0.6) is 11.5 Å². The molecular formula is C14H12BrFN2O3. The maximum atomic E-state index is 13.5. The third-order valence-electron chi connectivity index (χ3n) is 2.78. The molecule has 0 aliphatic rings. The van der Waals surface area contributed by atoms with Gasteiger partial charge in [0.05, 0.1) is 9.40 Å². The van der Waals surface area contributed by atoms with E-state index in [1.165, 1.54) is 0 Å². The number of benzene rings is 2. The van der Waals surface area contributed by atoms with Crippen LogP contribution in [0.15, 0.2) is 40.9 Å². The molecule has 0 unspecified atom stereocenters. The predicted octanol–water partition coefficient (Wildman–Crippen LogP) is 3.79. The number of rotatable bonds is 5. The average Bonchev–Trinajstić information content (AvgIpc) is 2.44. The lowest BCUT2D eigenvalue weighted by atomic mass is 10.1. The van der Waals surface area contributed by atoms with Gasteiger partial charge in [-0.2, -0.15) is 0 Å². The van der Waals surface area contributed by atoms with Crippen molar-refractivity contribution in [1.29, 1.82) is 0 Å². The average molecular weight is 355 g/mol. The van der Waals surface area contributed by atoms with Crippen LogP contribution in [0.1, 0.15) is 5.56 Å². The SMILES string of the molecule is NCCc1ccc(Oc2cc(F)c(Br)cc2[N+](=O)[O-])cc1. The minimum Gasteiger partial charge on any atom is -0.450 e. The number of hydrogen-bond acceptors (Lipinski definition) is 4. The van der Waals surface area contributed by atoms with E-state index in [-0.39, 0.29) is 15.9 Å². The molecule has 2 rings (SSSR count). The first kappa shape index (κ1) is 15.4. The molecule has 2 N–H and O–H groups in total. The van der Waals surface area contributed by atoms with Crippen LogP contribution in [-0.4, -0.2) is 11.5 Å². The molecule has 0 spiro atoms. The van der Waals surface area contributed by atoms with Gasteiger partial charge >= 0.3 is 5.69 Å². The zero-order chi connectivity index (χ0) is 15.4. The van der Waals surface area contributed by atoms with Crippen LogP contribution in [0.2, 0.25) is 0 Å². The van der Waals surface area contributed by atoms with Crippen LogP contribution in [0.4, 0.5) is 10.1 Å². The molecule has 2 aromatic rings. The Labute approximate surface area is 128 Å². The Balaban J connectivity index is 2.30. The second-order valence-corrected chi connectivity index (χ2v) is 5.13. The van der Waals surface area contributed by atoms with Gasteiger partial charge in [-0.25, -0.2) is 4.39 Å². The molecule has 7 heteroatoms. The highest BCUT2D eigenvalue weighted by Gasteiger charge is 2.19. The Morgan fingerprint density at radius 2 is 1.95 bits per heavy atom. The molecule has 0 saturated carbocycles. The lowest BCUT2D eigenvalue weighted by Gasteiger charge is -2.08. The van der Waals surface area contributed by atoms with E-state index in [9.17, 15) is 14.5 Å². The first-order valence-corrected chi connectivity index (χ1v) is 6.91. The fraction of sp³-hybridized carbons (Fsp3) is 0.143. The first-order valence-electron chi connectivity index (χ1n) is 6.11. The van der Waals surface area contributed by atoms with E-state index >= 15 is 0 Å². The van der Waals surface area contributed by atoms with Gasteiger partial charge in [0, 0.05) is 12.1 Å². The maximum absolute atomic E-state index is 13.5. The van der Waals surface area contributed by atoms with Crippen molar-refractivity contribution in [3.8, 4) is 11.5 Å². The summed E-state index contributed by atoms with van der Waals surface area (Å²) >= 11 is 2.91. The zero-order valence-electron chi connectivity index (χ0n) is 10.9. The van der Waals surface area contributed by atoms with Crippen molar-refractivity contribution in [2.24, 2.45) is 5.73 Å². The quantitative estimate of drug-likeness (QED) is 0.654. The van der Waals surface area contributed by atoms with E-state index in [4.69, 9.17) is 10.5 Å². The van der Waals surface area contributed by atoms with Crippen LogP contribution in [0.25, 0.3) is 0 Å². The first-order chi connectivity index (χ1) is 10.0. The lowest BCUT2D eigenvalue weighted by Crippen LogP contribution is -2.02. The van der Waals surface area contributed by atoms with Crippen LogP contribution < -0.4 is 10.5 Å². The molecule has 0 fully saturated rings. The smallest absolute Gasteiger partial charge is 0.312 e. The molecule has 0 heterocycles. The molecule has 0 amide bonds. The summed E-state index contributed by atoms with van der Waals surface area (Å²) in [5.74, 6) is -0.386. The standard InChI is InChI=1S/C14H12BrFN2O3/c15-11-7-13(18(19)20)14(8-12(11)16)21-10-3-1-9(2-4-10)5-6-17/h1-4,7-8H,5-6,17H2. The summed E-state index contributed by atoms with van der Waals surface area (Å²) in [5, 5.41) is 11.0. The summed E-state index contributed by atoms with van der Waals surface area (Å²) in [7, 11) is 0. The number of nitrogens with two attached hydrogens (primary N) is 1. The minimum atomic E-state index is -0.629. The molecule has 2 aromatic carbocycles. The van der Waals surface area contributed by atoms with E-state index < -0.39 is 10.7 Å². The summed E-state index contributed by atoms with van der Waals surface area (Å²) in [6.07, 6.45) is 0.730. The van der Waals surface area contributed by atoms with Crippen LogP contribution in [0.3, 0.4) is 0 Å². The van der Waals surface area contributed by atoms with Gasteiger partial charge in [-0.15, -0.1) is 0 Å². The molecule has 5 nitrogen and oxygen atoms in total. The Hall–Kier alpha value is -1.99. The van der Waals surface area contributed by atoms with Gasteiger partial charge in [0.25, 0.3) is 0 Å². The molecule has 0 aromatic heterocycles. The molecule has 0 aliphatic carbocycles. The van der Waals surface area contributed by atoms with Crippen molar-refractivity contribution in [3.05, 3.63) is 62.4 Å². The molecule has 0 saturated heterocycles. The van der Waals surface area contributed by atoms with Crippen molar-refractivity contribution in [2.75, 3.05) is 6.54 Å². The van der Waals surface area contributed by atoms with Crippen molar-refractivity contribution in [3.63, 3.8) is 0 Å². The summed E-state index contributed by atoms with van der Waals surface area (Å²) in [6.45, 7) is 0.531. The number of nitro groups is 1. The highest BCUT2D eigenvalue weighted by Crippen LogP contribution is 2.35. The third-order valence-corrected chi connectivity index (χ3v) is 3.39. The molecular weight excluding hydrogens is 343 g/mol. The lowest BCUT2D eigenvalue weighted by molar-refractivity contribution is -0.385. The van der Waals surface area contributed by atoms with Gasteiger partial charge in [-0.3, -0.25) is 10.1 Å². The van der Waals surface area contributed by atoms with Gasteiger partial charge in [0.1, 0.15) is 11.6 Å². The summed E-state index contributed by atoms with van der Waals surface area (Å²) in [6, 6.07) is 9.00. The summed E-state index contributed by atoms with van der Waals surface area (Å²) in [5.41, 5.74) is 6.17. The Kier molecular flexibility index (Phi) is 4.87. The number of ether oxygens (including phenoxy) is 1. The van der Waals surface area contributed by atoms with Crippen LogP contribution >= 0.6 is 15.9 Å². The molecule has 110 valence electrons. The van der Waals surface area contributed by atoms with E-state index in [1.807, 2.05) is 12.1 Å². The highest BCUT2D eigenvalue weighted by atomic mass is 79.9. The topological polar surface area (TPSA) is 78.4 Å². The third kappa shape index (κ3) is 3.77. The molecule has 21 heavy (non-hydrogen) atoms. The normalized spacial score (nSPS) is 10.4. The predicted molar refractivity (Wildman–Crippen MR) is 80.0 cm³/mol. The highest BCUT2D eigenvalue weighted by molar-refractivity contribution is 9.10. The van der Waals surface area contributed by atoms with Crippen molar-refractivity contribution in [1.82, 2.24) is 0 Å². The van der Waals surface area contributed by atoms with Gasteiger partial charge in [-0.05, 0) is 46.6 Å². The van der Waals surface area contributed by atoms with Gasteiger partial charge in [0.15, 0.2) is 0 Å². The van der Waals surface area contributed by atoms with Gasteiger partial charge in [0.2, 0.25) is 5.75 Å². The Morgan fingerprint density at radius 3 is 2.52 bits per heavy atom. The molecule has 0 bridgehead atoms. The van der Waals surface area contributed by atoms with Crippen molar-refractivity contribution >= 4 is 21.6 Å². The summed E-state index contributed by atoms with van der Waals surface area (Å²) in [4.78, 5) is 10.4. The van der Waals surface area contributed by atoms with Crippen LogP contribution in [0, 0.1) is 15.9 Å². The van der Waals surface area contributed by atoms with E-state index in [0.717, 1.165) is 24.1 Å². The van der Waals surface area contributed by atoms with E-state index in [2.05, 4.69) is 15.9 Å². The molecule has 0 aliphatic heterocycles. The fourth-order valence-corrected chi connectivity index (χ4v) is 2.09. The van der Waals surface area contributed by atoms with Gasteiger partial charge in [-0.1, -0.05) is 12.1 Å². The fourth-order valence-electron chi connectivity index (χ4n) is 1.76. The number of halogens is 2. The monoisotopic (exact) mass is 354 g/mol. The molecule has 0 atom stereocenters. The number of nitro benzene ring substituents is 1. The number of hydrogen-bond donors (Lipinski definition) is 1. The largest absolute Gasteiger partial charge is 0.450 e. The second kappa shape index (κ2) is 6.64. The van der Waals surface area contributed by atoms with Crippen molar-refractivity contribution in [2.45, 2.75) is 6.42 Å². The van der Waals surface area contributed by atoms with Crippen LogP contribution in [-0.2, 0) is 6.42 Å². The van der Waals surface area contributed by atoms with Crippen molar-refractivity contribution < 1.29 is 14.1 Å². The number of nitrogens with zero attached hydrogens (tertiary/aromatic N) is 1. The minimum absolute atomic E-state index is 0.0137. The van der Waals surface area contributed by atoms with E-state index in [1.54, 1.807) is 12.1 Å². The Bertz CT molecular complexity index is 662.